The molecule has 0 radical (unpaired) electrons. The number of rotatable bonds is 4. The minimum Gasteiger partial charge on any atom is -0.497 e. The van der Waals surface area contributed by atoms with E-state index in [9.17, 15) is 31.2 Å². The van der Waals surface area contributed by atoms with Gasteiger partial charge in [-0.1, -0.05) is 4.73 Å². The van der Waals surface area contributed by atoms with Gasteiger partial charge in [0, 0.05) is 0 Å². The zero-order valence-corrected chi connectivity index (χ0v) is 15.6. The lowest BCUT2D eigenvalue weighted by atomic mass is 10.1. The van der Waals surface area contributed by atoms with Crippen LogP contribution in [0.25, 0.3) is 21.5 Å². The molecule has 1 heterocycles. The Balaban J connectivity index is 2.56. The molecular formula is C17H12F3NO7S. The Morgan fingerprint density at radius 2 is 1.21 bits per heavy atom. The number of hydrogen-bond acceptors (Lipinski definition) is 7. The first-order valence-electron chi connectivity index (χ1n) is 7.76. The van der Waals surface area contributed by atoms with Crippen LogP contribution in [0.5, 0.6) is 11.5 Å². The van der Waals surface area contributed by atoms with Crippen molar-refractivity contribution in [3.05, 3.63) is 57.1 Å². The first kappa shape index (κ1) is 20.5. The molecule has 3 rings (SSSR count). The van der Waals surface area contributed by atoms with E-state index in [0.29, 0.717) is 0 Å². The summed E-state index contributed by atoms with van der Waals surface area (Å²) in [7, 11) is -3.72. The van der Waals surface area contributed by atoms with Crippen molar-refractivity contribution in [2.45, 2.75) is 5.51 Å². The zero-order valence-electron chi connectivity index (χ0n) is 14.8. The topological polar surface area (TPSA) is 101 Å². The summed E-state index contributed by atoms with van der Waals surface area (Å²) >= 11 is 0. The van der Waals surface area contributed by atoms with Crippen molar-refractivity contribution < 1.29 is 35.3 Å². The summed E-state index contributed by atoms with van der Waals surface area (Å²) in [6.45, 7) is 0. The molecule has 0 aliphatic heterocycles. The Morgan fingerprint density at radius 1 is 0.793 bits per heavy atom. The molecule has 29 heavy (non-hydrogen) atoms. The maximum atomic E-state index is 12.8. The SMILES string of the molecule is COc1ccc2c(c1)c(=O)n(OS(=O)(=O)C(F)(F)F)c(=O)c1cc(OC)ccc12. The van der Waals surface area contributed by atoms with Crippen LogP contribution in [0.1, 0.15) is 0 Å². The second kappa shape index (κ2) is 6.95. The maximum Gasteiger partial charge on any atom is 0.536 e. The van der Waals surface area contributed by atoms with Gasteiger partial charge < -0.3 is 9.47 Å². The normalized spacial score (nSPS) is 12.2. The molecule has 2 aromatic carbocycles. The third kappa shape index (κ3) is 3.46. The van der Waals surface area contributed by atoms with Crippen LogP contribution in [0.2, 0.25) is 0 Å². The van der Waals surface area contributed by atoms with Gasteiger partial charge >= 0.3 is 15.6 Å². The standard InChI is InChI=1S/C17H12F3NO7S/c1-26-9-3-5-11-12-6-4-10(27-2)8-14(12)16(23)21(15(22)13(11)7-9)28-29(24,25)17(18,19)20/h3-8H,1-2H3. The number of halogens is 3. The Bertz CT molecular complexity index is 1270. The molecule has 0 amide bonds. The third-order valence-corrected chi connectivity index (χ3v) is 4.94. The quantitative estimate of drug-likeness (QED) is 0.581. The highest BCUT2D eigenvalue weighted by Gasteiger charge is 2.49. The summed E-state index contributed by atoms with van der Waals surface area (Å²) in [6.07, 6.45) is 0. The molecule has 0 fully saturated rings. The number of ether oxygens (including phenoxy) is 2. The first-order valence-corrected chi connectivity index (χ1v) is 9.17. The highest BCUT2D eigenvalue weighted by Crippen LogP contribution is 2.27. The molecule has 0 spiro atoms. The van der Waals surface area contributed by atoms with E-state index in [-0.39, 0.29) is 33.0 Å². The molecule has 0 unspecified atom stereocenters. The number of aromatic nitrogens is 1. The molecule has 0 saturated heterocycles. The van der Waals surface area contributed by atoms with Gasteiger partial charge in [0.15, 0.2) is 0 Å². The number of nitrogens with zero attached hydrogens (tertiary/aromatic N) is 1. The summed E-state index contributed by atoms with van der Waals surface area (Å²) in [6, 6.07) is 8.06. The summed E-state index contributed by atoms with van der Waals surface area (Å²) < 4.78 is 74.7. The van der Waals surface area contributed by atoms with Gasteiger partial charge in [0.25, 0.3) is 11.1 Å². The van der Waals surface area contributed by atoms with Gasteiger partial charge in [-0.3, -0.25) is 13.9 Å². The second-order valence-electron chi connectivity index (χ2n) is 5.70. The van der Waals surface area contributed by atoms with Crippen molar-refractivity contribution in [3.63, 3.8) is 0 Å². The van der Waals surface area contributed by atoms with Gasteiger partial charge in [0.2, 0.25) is 0 Å². The average molecular weight is 431 g/mol. The van der Waals surface area contributed by atoms with Crippen molar-refractivity contribution in [1.29, 1.82) is 0 Å². The van der Waals surface area contributed by atoms with E-state index in [4.69, 9.17) is 9.47 Å². The van der Waals surface area contributed by atoms with Crippen LogP contribution in [-0.2, 0) is 10.1 Å². The lowest BCUT2D eigenvalue weighted by Crippen LogP contribution is -2.43. The van der Waals surface area contributed by atoms with E-state index in [1.807, 2.05) is 0 Å². The highest BCUT2D eigenvalue weighted by atomic mass is 32.2. The van der Waals surface area contributed by atoms with Gasteiger partial charge in [-0.2, -0.15) is 21.6 Å². The van der Waals surface area contributed by atoms with Gasteiger partial charge in [-0.25, -0.2) is 0 Å². The third-order valence-electron chi connectivity index (χ3n) is 4.03. The van der Waals surface area contributed by atoms with Crippen LogP contribution in [0.15, 0.2) is 46.0 Å². The molecule has 1 aromatic heterocycles. The fourth-order valence-corrected chi connectivity index (χ4v) is 3.06. The summed E-state index contributed by atoms with van der Waals surface area (Å²) in [5.41, 5.74) is -8.67. The van der Waals surface area contributed by atoms with Crippen LogP contribution in [-0.4, -0.2) is 32.9 Å². The van der Waals surface area contributed by atoms with Crippen LogP contribution in [0.4, 0.5) is 13.2 Å². The van der Waals surface area contributed by atoms with Crippen LogP contribution in [0.3, 0.4) is 0 Å². The largest absolute Gasteiger partial charge is 0.536 e. The molecular weight excluding hydrogens is 419 g/mol. The van der Waals surface area contributed by atoms with E-state index in [2.05, 4.69) is 4.28 Å². The van der Waals surface area contributed by atoms with E-state index < -0.39 is 31.5 Å². The molecule has 0 aliphatic rings. The second-order valence-corrected chi connectivity index (χ2v) is 7.22. The first-order chi connectivity index (χ1) is 13.5. The van der Waals surface area contributed by atoms with Crippen LogP contribution in [0, 0.1) is 0 Å². The fourth-order valence-electron chi connectivity index (χ4n) is 2.64. The molecule has 12 heteroatoms. The molecule has 0 bridgehead atoms. The van der Waals surface area contributed by atoms with Crippen molar-refractivity contribution in [2.75, 3.05) is 14.2 Å². The van der Waals surface area contributed by atoms with Gasteiger partial charge in [0.05, 0.1) is 25.0 Å². The Labute approximate surface area is 160 Å². The lowest BCUT2D eigenvalue weighted by Gasteiger charge is -2.08. The molecule has 154 valence electrons. The number of alkyl halides is 3. The molecule has 0 aliphatic carbocycles. The van der Waals surface area contributed by atoms with Gasteiger partial charge in [-0.15, -0.1) is 0 Å². The summed E-state index contributed by atoms with van der Waals surface area (Å²) in [5.74, 6) is 0.306. The fraction of sp³-hybridized carbons (Fsp3) is 0.176. The lowest BCUT2D eigenvalue weighted by molar-refractivity contribution is -0.0551. The number of benzene rings is 2. The summed E-state index contributed by atoms with van der Waals surface area (Å²) in [4.78, 5) is 25.6. The van der Waals surface area contributed by atoms with Crippen molar-refractivity contribution >= 4 is 31.7 Å². The van der Waals surface area contributed by atoms with E-state index in [0.717, 1.165) is 12.1 Å². The molecule has 8 nitrogen and oxygen atoms in total. The Kier molecular flexibility index (Phi) is 4.91. The Hall–Kier alpha value is -3.28. The molecule has 0 saturated carbocycles. The van der Waals surface area contributed by atoms with Gasteiger partial charge in [0.1, 0.15) is 11.5 Å². The van der Waals surface area contributed by atoms with Crippen molar-refractivity contribution in [2.24, 2.45) is 0 Å². The van der Waals surface area contributed by atoms with Crippen LogP contribution >= 0.6 is 0 Å². The van der Waals surface area contributed by atoms with E-state index in [1.54, 1.807) is 0 Å². The minimum atomic E-state index is -6.29. The minimum absolute atomic E-state index is 0.153. The molecule has 3 aromatic rings. The predicted molar refractivity (Wildman–Crippen MR) is 96.6 cm³/mol. The van der Waals surface area contributed by atoms with E-state index >= 15 is 0 Å². The number of methoxy groups -OCH3 is 2. The average Bonchev–Trinajstić information content (AvgIpc) is 2.76. The molecule has 0 N–H and O–H groups in total. The highest BCUT2D eigenvalue weighted by molar-refractivity contribution is 7.87. The molecule has 0 atom stereocenters. The van der Waals surface area contributed by atoms with Crippen LogP contribution < -0.4 is 24.9 Å². The number of fused-ring (bicyclic) bond motifs is 3. The van der Waals surface area contributed by atoms with Crippen molar-refractivity contribution in [3.8, 4) is 11.5 Å². The maximum absolute atomic E-state index is 12.8. The Morgan fingerprint density at radius 3 is 1.55 bits per heavy atom. The number of hydrogen-bond donors (Lipinski definition) is 0. The summed E-state index contributed by atoms with van der Waals surface area (Å²) in [5, 5.41) is -0.257. The predicted octanol–water partition coefficient (Wildman–Crippen LogP) is 1.81. The zero-order chi connectivity index (χ0) is 21.6. The van der Waals surface area contributed by atoms with Crippen molar-refractivity contribution in [1.82, 2.24) is 4.73 Å². The van der Waals surface area contributed by atoms with Gasteiger partial charge in [-0.05, 0) is 47.2 Å². The van der Waals surface area contributed by atoms with E-state index in [1.165, 1.54) is 38.5 Å². The monoisotopic (exact) mass is 431 g/mol. The smallest absolute Gasteiger partial charge is 0.497 e.